The number of rotatable bonds is 6. The first-order valence-corrected chi connectivity index (χ1v) is 7.61. The SMILES string of the molecule is CCCC(C)(O)CNS(=O)(=O)c1ccccc1Cl. The predicted molar refractivity (Wildman–Crippen MR) is 72.2 cm³/mol. The van der Waals surface area contributed by atoms with Crippen LogP contribution in [0.3, 0.4) is 0 Å². The molecular weight excluding hydrogens is 274 g/mol. The molecule has 0 aliphatic rings. The van der Waals surface area contributed by atoms with Gasteiger partial charge in [0.1, 0.15) is 4.90 Å². The van der Waals surface area contributed by atoms with Gasteiger partial charge in [-0.1, -0.05) is 37.1 Å². The summed E-state index contributed by atoms with van der Waals surface area (Å²) in [6, 6.07) is 6.21. The number of benzene rings is 1. The average molecular weight is 292 g/mol. The van der Waals surface area contributed by atoms with Gasteiger partial charge >= 0.3 is 0 Å². The Labute approximate surface area is 113 Å². The minimum atomic E-state index is -3.68. The smallest absolute Gasteiger partial charge is 0.242 e. The fourth-order valence-corrected chi connectivity index (χ4v) is 3.30. The van der Waals surface area contributed by atoms with Gasteiger partial charge < -0.3 is 5.11 Å². The number of nitrogens with one attached hydrogen (secondary N) is 1. The molecule has 0 aliphatic carbocycles. The summed E-state index contributed by atoms with van der Waals surface area (Å²) in [6.45, 7) is 3.50. The summed E-state index contributed by atoms with van der Waals surface area (Å²) in [7, 11) is -3.68. The van der Waals surface area contributed by atoms with Crippen molar-refractivity contribution in [2.75, 3.05) is 6.54 Å². The standard InChI is InChI=1S/C12H18ClNO3S/c1-3-8-12(2,15)9-14-18(16,17)11-7-5-4-6-10(11)13/h4-7,14-15H,3,8-9H2,1-2H3. The highest BCUT2D eigenvalue weighted by Crippen LogP contribution is 2.20. The van der Waals surface area contributed by atoms with Crippen LogP contribution >= 0.6 is 11.6 Å². The van der Waals surface area contributed by atoms with Crippen LogP contribution in [0.25, 0.3) is 0 Å². The van der Waals surface area contributed by atoms with Crippen LogP contribution in [0, 0.1) is 0 Å². The van der Waals surface area contributed by atoms with E-state index in [0.29, 0.717) is 6.42 Å². The first kappa shape index (κ1) is 15.4. The Kier molecular flexibility index (Phi) is 5.16. The third-order valence-corrected chi connectivity index (χ3v) is 4.46. The van der Waals surface area contributed by atoms with Crippen molar-refractivity contribution in [2.24, 2.45) is 0 Å². The molecule has 0 saturated carbocycles. The van der Waals surface area contributed by atoms with Crippen LogP contribution < -0.4 is 4.72 Å². The Morgan fingerprint density at radius 3 is 2.56 bits per heavy atom. The molecule has 0 heterocycles. The summed E-state index contributed by atoms with van der Waals surface area (Å²) in [6.07, 6.45) is 1.30. The molecule has 1 aromatic carbocycles. The lowest BCUT2D eigenvalue weighted by molar-refractivity contribution is 0.0554. The van der Waals surface area contributed by atoms with Crippen LogP contribution in [0.5, 0.6) is 0 Å². The van der Waals surface area contributed by atoms with Crippen LogP contribution in [0.2, 0.25) is 5.02 Å². The molecule has 0 spiro atoms. The van der Waals surface area contributed by atoms with Gasteiger partial charge in [0.25, 0.3) is 0 Å². The maximum atomic E-state index is 12.0. The molecule has 0 fully saturated rings. The van der Waals surface area contributed by atoms with E-state index in [1.54, 1.807) is 19.1 Å². The molecule has 0 bridgehead atoms. The number of hydrogen-bond donors (Lipinski definition) is 2. The summed E-state index contributed by atoms with van der Waals surface area (Å²) in [5, 5.41) is 10.1. The fraction of sp³-hybridized carbons (Fsp3) is 0.500. The fourth-order valence-electron chi connectivity index (χ4n) is 1.62. The van der Waals surface area contributed by atoms with Crippen molar-refractivity contribution in [3.63, 3.8) is 0 Å². The van der Waals surface area contributed by atoms with E-state index in [-0.39, 0.29) is 16.5 Å². The minimum Gasteiger partial charge on any atom is -0.389 e. The maximum Gasteiger partial charge on any atom is 0.242 e. The summed E-state index contributed by atoms with van der Waals surface area (Å²) in [5.74, 6) is 0. The van der Waals surface area contributed by atoms with Gasteiger partial charge in [-0.3, -0.25) is 0 Å². The largest absolute Gasteiger partial charge is 0.389 e. The van der Waals surface area contributed by atoms with Crippen molar-refractivity contribution in [3.8, 4) is 0 Å². The van der Waals surface area contributed by atoms with Gasteiger partial charge in [0.2, 0.25) is 10.0 Å². The topological polar surface area (TPSA) is 66.4 Å². The zero-order valence-corrected chi connectivity index (χ0v) is 12.1. The zero-order valence-electron chi connectivity index (χ0n) is 10.5. The Morgan fingerprint density at radius 1 is 1.39 bits per heavy atom. The molecule has 1 unspecified atom stereocenters. The highest BCUT2D eigenvalue weighted by molar-refractivity contribution is 7.89. The van der Waals surface area contributed by atoms with Crippen LogP contribution in [-0.2, 0) is 10.0 Å². The Hall–Kier alpha value is -0.620. The average Bonchev–Trinajstić information content (AvgIpc) is 2.27. The van der Waals surface area contributed by atoms with Gasteiger partial charge in [-0.15, -0.1) is 0 Å². The van der Waals surface area contributed by atoms with E-state index < -0.39 is 15.6 Å². The Balaban J connectivity index is 2.81. The van der Waals surface area contributed by atoms with Crippen molar-refractivity contribution in [1.82, 2.24) is 4.72 Å². The number of hydrogen-bond acceptors (Lipinski definition) is 3. The molecule has 0 aromatic heterocycles. The van der Waals surface area contributed by atoms with E-state index in [4.69, 9.17) is 11.6 Å². The number of sulfonamides is 1. The molecule has 1 rings (SSSR count). The van der Waals surface area contributed by atoms with Crippen molar-refractivity contribution in [3.05, 3.63) is 29.3 Å². The molecule has 1 aromatic rings. The third kappa shape index (κ3) is 4.24. The quantitative estimate of drug-likeness (QED) is 0.844. The molecular formula is C12H18ClNO3S. The van der Waals surface area contributed by atoms with E-state index in [9.17, 15) is 13.5 Å². The van der Waals surface area contributed by atoms with Gasteiger partial charge in [0, 0.05) is 6.54 Å². The zero-order chi connectivity index (χ0) is 13.8. The van der Waals surface area contributed by atoms with Crippen LogP contribution in [0.15, 0.2) is 29.2 Å². The Morgan fingerprint density at radius 2 is 2.00 bits per heavy atom. The second-order valence-corrected chi connectivity index (χ2v) is 6.64. The minimum absolute atomic E-state index is 0.0268. The van der Waals surface area contributed by atoms with E-state index in [2.05, 4.69) is 4.72 Å². The third-order valence-electron chi connectivity index (χ3n) is 2.56. The monoisotopic (exact) mass is 291 g/mol. The first-order chi connectivity index (χ1) is 8.28. The molecule has 2 N–H and O–H groups in total. The van der Waals surface area contributed by atoms with Gasteiger partial charge in [0.15, 0.2) is 0 Å². The highest BCUT2D eigenvalue weighted by Gasteiger charge is 2.24. The molecule has 0 saturated heterocycles. The molecule has 0 aliphatic heterocycles. The maximum absolute atomic E-state index is 12.0. The molecule has 6 heteroatoms. The van der Waals surface area contributed by atoms with E-state index in [1.807, 2.05) is 6.92 Å². The van der Waals surface area contributed by atoms with Crippen molar-refractivity contribution < 1.29 is 13.5 Å². The number of aliphatic hydroxyl groups is 1. The van der Waals surface area contributed by atoms with Crippen LogP contribution in [-0.4, -0.2) is 25.7 Å². The van der Waals surface area contributed by atoms with Crippen molar-refractivity contribution in [2.45, 2.75) is 37.2 Å². The summed E-state index contributed by atoms with van der Waals surface area (Å²) >= 11 is 5.84. The van der Waals surface area contributed by atoms with Gasteiger partial charge in [0.05, 0.1) is 10.6 Å². The van der Waals surface area contributed by atoms with E-state index in [1.165, 1.54) is 12.1 Å². The summed E-state index contributed by atoms with van der Waals surface area (Å²) < 4.78 is 26.4. The molecule has 4 nitrogen and oxygen atoms in total. The highest BCUT2D eigenvalue weighted by atomic mass is 35.5. The van der Waals surface area contributed by atoms with Crippen LogP contribution in [0.1, 0.15) is 26.7 Å². The predicted octanol–water partition coefficient (Wildman–Crippen LogP) is 2.17. The van der Waals surface area contributed by atoms with Crippen molar-refractivity contribution in [1.29, 1.82) is 0 Å². The lowest BCUT2D eigenvalue weighted by Crippen LogP contribution is -2.40. The molecule has 0 radical (unpaired) electrons. The first-order valence-electron chi connectivity index (χ1n) is 5.75. The van der Waals surface area contributed by atoms with E-state index in [0.717, 1.165) is 6.42 Å². The Bertz CT molecular complexity index is 500. The normalized spacial score (nSPS) is 15.3. The van der Waals surface area contributed by atoms with Gasteiger partial charge in [-0.25, -0.2) is 13.1 Å². The van der Waals surface area contributed by atoms with Crippen LogP contribution in [0.4, 0.5) is 0 Å². The lowest BCUT2D eigenvalue weighted by Gasteiger charge is -2.23. The number of halogens is 1. The molecule has 0 amide bonds. The second kappa shape index (κ2) is 6.02. The molecule has 18 heavy (non-hydrogen) atoms. The summed E-state index contributed by atoms with van der Waals surface area (Å²) in [4.78, 5) is 0.0268. The van der Waals surface area contributed by atoms with Gasteiger partial charge in [-0.2, -0.15) is 0 Å². The van der Waals surface area contributed by atoms with Crippen molar-refractivity contribution >= 4 is 21.6 Å². The molecule has 1 atom stereocenters. The second-order valence-electron chi connectivity index (χ2n) is 4.50. The van der Waals surface area contributed by atoms with E-state index >= 15 is 0 Å². The lowest BCUT2D eigenvalue weighted by atomic mass is 10.0. The summed E-state index contributed by atoms with van der Waals surface area (Å²) in [5.41, 5.74) is -1.05. The van der Waals surface area contributed by atoms with Gasteiger partial charge in [-0.05, 0) is 25.5 Å². The molecule has 102 valence electrons.